The van der Waals surface area contributed by atoms with Crippen molar-refractivity contribution in [1.29, 1.82) is 0 Å². The number of ether oxygens (including phenoxy) is 2. The van der Waals surface area contributed by atoms with Crippen LogP contribution in [0.4, 0.5) is 0 Å². The molecule has 0 fully saturated rings. The molecule has 0 atom stereocenters. The van der Waals surface area contributed by atoms with Gasteiger partial charge in [0.1, 0.15) is 12.4 Å². The molecule has 152 valence electrons. The molecule has 4 rings (SSSR count). The molecular formula is C25H28ClNO2. The predicted octanol–water partition coefficient (Wildman–Crippen LogP) is 5.23. The Bertz CT molecular complexity index is 885. The number of benzene rings is 3. The van der Waals surface area contributed by atoms with Crippen molar-refractivity contribution in [3.63, 3.8) is 0 Å². The zero-order chi connectivity index (χ0) is 19.0. The quantitative estimate of drug-likeness (QED) is 0.475. The molecule has 0 aliphatic carbocycles. The van der Waals surface area contributed by atoms with Crippen LogP contribution in [0.3, 0.4) is 0 Å². The van der Waals surface area contributed by atoms with Gasteiger partial charge in [-0.05, 0) is 29.2 Å². The molecule has 1 aliphatic rings. The van der Waals surface area contributed by atoms with E-state index in [-0.39, 0.29) is 12.4 Å². The van der Waals surface area contributed by atoms with E-state index in [9.17, 15) is 0 Å². The Kier molecular flexibility index (Phi) is 8.12. The molecular weight excluding hydrogens is 382 g/mol. The summed E-state index contributed by atoms with van der Waals surface area (Å²) in [4.78, 5) is 2.47. The first-order valence-electron chi connectivity index (χ1n) is 10.0. The Labute approximate surface area is 179 Å². The van der Waals surface area contributed by atoms with Gasteiger partial charge < -0.3 is 9.47 Å². The maximum atomic E-state index is 5.99. The lowest BCUT2D eigenvalue weighted by Crippen LogP contribution is -2.33. The number of nitrogens with zero attached hydrogens (tertiary/aromatic N) is 1. The second-order valence-electron chi connectivity index (χ2n) is 7.12. The highest BCUT2D eigenvalue weighted by atomic mass is 35.5. The third kappa shape index (κ3) is 5.83. The third-order valence-corrected chi connectivity index (χ3v) is 5.22. The minimum absolute atomic E-state index is 0. The summed E-state index contributed by atoms with van der Waals surface area (Å²) in [6.07, 6.45) is 1.13. The van der Waals surface area contributed by atoms with Crippen LogP contribution < -0.4 is 4.74 Å². The first-order chi connectivity index (χ1) is 13.9. The van der Waals surface area contributed by atoms with Crippen LogP contribution in [0.1, 0.15) is 11.1 Å². The molecule has 3 aromatic carbocycles. The van der Waals surface area contributed by atoms with Crippen molar-refractivity contribution < 1.29 is 9.47 Å². The number of para-hydroxylation sites is 1. The van der Waals surface area contributed by atoms with Crippen LogP contribution in [-0.4, -0.2) is 37.8 Å². The second kappa shape index (κ2) is 11.0. The molecule has 0 saturated heterocycles. The van der Waals surface area contributed by atoms with Crippen molar-refractivity contribution in [1.82, 2.24) is 4.90 Å². The van der Waals surface area contributed by atoms with Gasteiger partial charge in [-0.1, -0.05) is 72.8 Å². The highest BCUT2D eigenvalue weighted by Gasteiger charge is 2.14. The standard InChI is InChI=1S/C25H27NO2.ClH/c1-2-9-22(10-3-1)24-12-6-7-13-25(24)28-19-18-27-17-16-26-15-14-21-8-4-5-11-23(21)20-26;/h1-13H,14-20H2;1H. The Morgan fingerprint density at radius 1 is 0.724 bits per heavy atom. The van der Waals surface area contributed by atoms with Crippen LogP contribution in [0.5, 0.6) is 5.75 Å². The first kappa shape index (κ1) is 21.4. The van der Waals surface area contributed by atoms with Gasteiger partial charge in [0, 0.05) is 25.2 Å². The zero-order valence-corrected chi connectivity index (χ0v) is 17.4. The number of rotatable bonds is 8. The van der Waals surface area contributed by atoms with E-state index in [0.29, 0.717) is 13.2 Å². The van der Waals surface area contributed by atoms with Crippen LogP contribution >= 0.6 is 12.4 Å². The summed E-state index contributed by atoms with van der Waals surface area (Å²) in [6.45, 7) is 5.02. The Balaban J connectivity index is 0.00000240. The fourth-order valence-electron chi connectivity index (χ4n) is 3.70. The molecule has 1 aliphatic heterocycles. The fourth-order valence-corrected chi connectivity index (χ4v) is 3.70. The summed E-state index contributed by atoms with van der Waals surface area (Å²) in [5.74, 6) is 0.907. The maximum absolute atomic E-state index is 5.99. The predicted molar refractivity (Wildman–Crippen MR) is 121 cm³/mol. The Morgan fingerprint density at radius 2 is 1.45 bits per heavy atom. The van der Waals surface area contributed by atoms with Crippen molar-refractivity contribution >= 4 is 12.4 Å². The number of fused-ring (bicyclic) bond motifs is 1. The molecule has 4 heteroatoms. The van der Waals surface area contributed by atoms with E-state index < -0.39 is 0 Å². The lowest BCUT2D eigenvalue weighted by molar-refractivity contribution is 0.0767. The van der Waals surface area contributed by atoms with Crippen molar-refractivity contribution in [2.45, 2.75) is 13.0 Å². The summed E-state index contributed by atoms with van der Waals surface area (Å²) >= 11 is 0. The smallest absolute Gasteiger partial charge is 0.127 e. The number of hydrogen-bond donors (Lipinski definition) is 0. The summed E-state index contributed by atoms with van der Waals surface area (Å²) in [5.41, 5.74) is 5.24. The number of halogens is 1. The third-order valence-electron chi connectivity index (χ3n) is 5.22. The summed E-state index contributed by atoms with van der Waals surface area (Å²) in [6, 6.07) is 27.3. The summed E-state index contributed by atoms with van der Waals surface area (Å²) in [7, 11) is 0. The van der Waals surface area contributed by atoms with E-state index in [2.05, 4.69) is 47.4 Å². The van der Waals surface area contributed by atoms with Crippen LogP contribution in [0.25, 0.3) is 11.1 Å². The molecule has 3 aromatic rings. The molecule has 0 unspecified atom stereocenters. The molecule has 0 saturated carbocycles. The number of hydrogen-bond acceptors (Lipinski definition) is 3. The van der Waals surface area contributed by atoms with Gasteiger partial charge in [-0.2, -0.15) is 0 Å². The molecule has 29 heavy (non-hydrogen) atoms. The van der Waals surface area contributed by atoms with Crippen LogP contribution in [0, 0.1) is 0 Å². The first-order valence-corrected chi connectivity index (χ1v) is 10.0. The molecule has 1 heterocycles. The van der Waals surface area contributed by atoms with Crippen molar-refractivity contribution in [2.24, 2.45) is 0 Å². The Hall–Kier alpha value is -2.33. The Morgan fingerprint density at radius 3 is 2.31 bits per heavy atom. The highest BCUT2D eigenvalue weighted by Crippen LogP contribution is 2.29. The molecule has 0 spiro atoms. The van der Waals surface area contributed by atoms with E-state index in [1.807, 2.05) is 36.4 Å². The minimum Gasteiger partial charge on any atom is -0.491 e. The summed E-state index contributed by atoms with van der Waals surface area (Å²) in [5, 5.41) is 0. The lowest BCUT2D eigenvalue weighted by Gasteiger charge is -2.28. The minimum atomic E-state index is 0. The largest absolute Gasteiger partial charge is 0.491 e. The van der Waals surface area contributed by atoms with Gasteiger partial charge >= 0.3 is 0 Å². The maximum Gasteiger partial charge on any atom is 0.127 e. The van der Waals surface area contributed by atoms with Gasteiger partial charge in [-0.15, -0.1) is 12.4 Å². The van der Waals surface area contributed by atoms with Crippen molar-refractivity contribution in [3.8, 4) is 16.9 Å². The van der Waals surface area contributed by atoms with Gasteiger partial charge in [-0.25, -0.2) is 0 Å². The molecule has 0 aromatic heterocycles. The van der Waals surface area contributed by atoms with E-state index >= 15 is 0 Å². The molecule has 3 nitrogen and oxygen atoms in total. The molecule has 0 radical (unpaired) electrons. The van der Waals surface area contributed by atoms with Gasteiger partial charge in [0.05, 0.1) is 13.2 Å². The highest BCUT2D eigenvalue weighted by molar-refractivity contribution is 5.85. The SMILES string of the molecule is Cl.c1ccc(-c2ccccc2OCCOCCN2CCc3ccccc3C2)cc1. The summed E-state index contributed by atoms with van der Waals surface area (Å²) < 4.78 is 11.8. The monoisotopic (exact) mass is 409 g/mol. The van der Waals surface area contributed by atoms with E-state index in [1.165, 1.54) is 16.7 Å². The van der Waals surface area contributed by atoms with E-state index in [1.54, 1.807) is 0 Å². The fraction of sp³-hybridized carbons (Fsp3) is 0.280. The van der Waals surface area contributed by atoms with Crippen LogP contribution in [0.2, 0.25) is 0 Å². The topological polar surface area (TPSA) is 21.7 Å². The van der Waals surface area contributed by atoms with Crippen LogP contribution in [0.15, 0.2) is 78.9 Å². The molecule has 0 N–H and O–H groups in total. The average molecular weight is 410 g/mol. The van der Waals surface area contributed by atoms with Gasteiger partial charge in [0.2, 0.25) is 0 Å². The van der Waals surface area contributed by atoms with Gasteiger partial charge in [0.25, 0.3) is 0 Å². The van der Waals surface area contributed by atoms with Gasteiger partial charge in [-0.3, -0.25) is 4.90 Å². The van der Waals surface area contributed by atoms with Crippen LogP contribution in [-0.2, 0) is 17.7 Å². The average Bonchev–Trinajstić information content (AvgIpc) is 2.77. The van der Waals surface area contributed by atoms with Gasteiger partial charge in [0.15, 0.2) is 0 Å². The van der Waals surface area contributed by atoms with Crippen molar-refractivity contribution in [2.75, 3.05) is 32.9 Å². The normalized spacial score (nSPS) is 13.4. The van der Waals surface area contributed by atoms with E-state index in [4.69, 9.17) is 9.47 Å². The molecule has 0 amide bonds. The zero-order valence-electron chi connectivity index (χ0n) is 16.6. The van der Waals surface area contributed by atoms with Crippen molar-refractivity contribution in [3.05, 3.63) is 90.0 Å². The second-order valence-corrected chi connectivity index (χ2v) is 7.12. The lowest BCUT2D eigenvalue weighted by atomic mass is 10.0. The van der Waals surface area contributed by atoms with E-state index in [0.717, 1.165) is 44.0 Å². The molecule has 0 bridgehead atoms.